The van der Waals surface area contributed by atoms with Gasteiger partial charge in [0.25, 0.3) is 5.88 Å². The largest absolute Gasteiger partial charge is 0.478 e. The minimum Gasteiger partial charge on any atom is -0.478 e. The van der Waals surface area contributed by atoms with Crippen LogP contribution in [-0.4, -0.2) is 21.3 Å². The number of aromatic carboxylic acids is 1. The smallest absolute Gasteiger partial charge is 0.335 e. The van der Waals surface area contributed by atoms with Crippen LogP contribution in [0.25, 0.3) is 0 Å². The van der Waals surface area contributed by atoms with Gasteiger partial charge in [-0.2, -0.15) is 5.10 Å². The first kappa shape index (κ1) is 11.3. The van der Waals surface area contributed by atoms with Crippen molar-refractivity contribution in [1.29, 1.82) is 0 Å². The third kappa shape index (κ3) is 2.70. The van der Waals surface area contributed by atoms with Gasteiger partial charge in [0.1, 0.15) is 10.8 Å². The van der Waals surface area contributed by atoms with Gasteiger partial charge in [-0.15, -0.1) is 5.10 Å². The van der Waals surface area contributed by atoms with E-state index >= 15 is 0 Å². The van der Waals surface area contributed by atoms with Crippen LogP contribution in [0.15, 0.2) is 36.5 Å². The molecule has 0 saturated heterocycles. The molecule has 0 aliphatic heterocycles. The fourth-order valence-electron chi connectivity index (χ4n) is 1.18. The van der Waals surface area contributed by atoms with Crippen molar-refractivity contribution in [2.24, 2.45) is 0 Å². The van der Waals surface area contributed by atoms with E-state index in [2.05, 4.69) is 10.2 Å². The molecule has 0 unspecified atom stereocenters. The van der Waals surface area contributed by atoms with Crippen LogP contribution in [0.3, 0.4) is 0 Å². The second-order valence-electron chi connectivity index (χ2n) is 3.12. The summed E-state index contributed by atoms with van der Waals surface area (Å²) < 4.78 is 5.33. The number of ether oxygens (including phenoxy) is 1. The molecule has 0 saturated carbocycles. The number of halogens is 1. The number of hydrogen-bond acceptors (Lipinski definition) is 4. The van der Waals surface area contributed by atoms with Crippen LogP contribution in [0.4, 0.5) is 0 Å². The molecule has 0 radical (unpaired) electrons. The third-order valence-electron chi connectivity index (χ3n) is 1.94. The zero-order valence-electron chi connectivity index (χ0n) is 8.50. The second-order valence-corrected chi connectivity index (χ2v) is 3.53. The molecule has 1 aromatic heterocycles. The number of rotatable bonds is 3. The maximum absolute atomic E-state index is 10.8. The summed E-state index contributed by atoms with van der Waals surface area (Å²) in [6.07, 6.45) is 1.43. The van der Waals surface area contributed by atoms with Gasteiger partial charge in [-0.25, -0.2) is 4.79 Å². The minimum absolute atomic E-state index is 0.127. The van der Waals surface area contributed by atoms with E-state index < -0.39 is 5.97 Å². The molecule has 0 aliphatic carbocycles. The van der Waals surface area contributed by atoms with Crippen LogP contribution < -0.4 is 4.74 Å². The molecule has 0 bridgehead atoms. The van der Waals surface area contributed by atoms with Gasteiger partial charge in [0.2, 0.25) is 0 Å². The Balaban J connectivity index is 2.28. The van der Waals surface area contributed by atoms with E-state index in [1.807, 2.05) is 0 Å². The monoisotopic (exact) mass is 250 g/mol. The number of carboxylic acid groups (broad SMARTS) is 1. The average molecular weight is 251 g/mol. The van der Waals surface area contributed by atoms with Crippen molar-refractivity contribution in [3.63, 3.8) is 0 Å². The third-order valence-corrected chi connectivity index (χ3v) is 2.22. The van der Waals surface area contributed by atoms with Crippen LogP contribution in [-0.2, 0) is 0 Å². The van der Waals surface area contributed by atoms with Gasteiger partial charge in [-0.3, -0.25) is 0 Å². The molecular weight excluding hydrogens is 244 g/mol. The van der Waals surface area contributed by atoms with Crippen molar-refractivity contribution < 1.29 is 14.6 Å². The molecule has 1 aromatic carbocycles. The Bertz CT molecular complexity index is 560. The summed E-state index contributed by atoms with van der Waals surface area (Å²) in [4.78, 5) is 10.8. The molecule has 5 nitrogen and oxygen atoms in total. The molecule has 17 heavy (non-hydrogen) atoms. The van der Waals surface area contributed by atoms with Crippen molar-refractivity contribution in [2.45, 2.75) is 0 Å². The highest BCUT2D eigenvalue weighted by atomic mass is 35.5. The van der Waals surface area contributed by atoms with Gasteiger partial charge in [-0.1, -0.05) is 17.7 Å². The van der Waals surface area contributed by atoms with Crippen molar-refractivity contribution in [3.8, 4) is 11.6 Å². The quantitative estimate of drug-likeness (QED) is 0.907. The SMILES string of the molecule is O=C(O)c1cccc(Oc2nnccc2Cl)c1. The number of carbonyl (C=O) groups is 1. The summed E-state index contributed by atoms with van der Waals surface area (Å²) in [7, 11) is 0. The zero-order chi connectivity index (χ0) is 12.3. The predicted molar refractivity (Wildman–Crippen MR) is 60.5 cm³/mol. The van der Waals surface area contributed by atoms with Gasteiger partial charge in [0.05, 0.1) is 11.8 Å². The van der Waals surface area contributed by atoms with Crippen molar-refractivity contribution in [1.82, 2.24) is 10.2 Å². The standard InChI is InChI=1S/C11H7ClN2O3/c12-9-4-5-13-14-10(9)17-8-3-1-2-7(6-8)11(15)16/h1-6H,(H,15,16). The summed E-state index contributed by atoms with van der Waals surface area (Å²) in [5, 5.41) is 16.4. The number of hydrogen-bond donors (Lipinski definition) is 1. The summed E-state index contributed by atoms with van der Waals surface area (Å²) in [6.45, 7) is 0. The fourth-order valence-corrected chi connectivity index (χ4v) is 1.31. The van der Waals surface area contributed by atoms with E-state index in [1.165, 1.54) is 24.4 Å². The van der Waals surface area contributed by atoms with Gasteiger partial charge < -0.3 is 9.84 Å². The average Bonchev–Trinajstić information content (AvgIpc) is 2.32. The molecule has 0 fully saturated rings. The summed E-state index contributed by atoms with van der Waals surface area (Å²) >= 11 is 5.83. The fraction of sp³-hybridized carbons (Fsp3) is 0. The first-order chi connectivity index (χ1) is 8.16. The molecule has 86 valence electrons. The van der Waals surface area contributed by atoms with Gasteiger partial charge in [0.15, 0.2) is 0 Å². The zero-order valence-corrected chi connectivity index (χ0v) is 9.26. The van der Waals surface area contributed by atoms with E-state index in [4.69, 9.17) is 21.4 Å². The lowest BCUT2D eigenvalue weighted by Gasteiger charge is -2.05. The van der Waals surface area contributed by atoms with Gasteiger partial charge in [-0.05, 0) is 24.3 Å². The molecule has 0 atom stereocenters. The number of nitrogens with zero attached hydrogens (tertiary/aromatic N) is 2. The first-order valence-corrected chi connectivity index (χ1v) is 5.03. The minimum atomic E-state index is -1.03. The normalized spacial score (nSPS) is 9.94. The summed E-state index contributed by atoms with van der Waals surface area (Å²) in [6, 6.07) is 7.56. The van der Waals surface area contributed by atoms with Crippen LogP contribution in [0.5, 0.6) is 11.6 Å². The summed E-state index contributed by atoms with van der Waals surface area (Å²) in [5.41, 5.74) is 0.127. The lowest BCUT2D eigenvalue weighted by Crippen LogP contribution is -1.97. The Morgan fingerprint density at radius 3 is 2.88 bits per heavy atom. The molecule has 0 spiro atoms. The van der Waals surface area contributed by atoms with Crippen molar-refractivity contribution >= 4 is 17.6 Å². The highest BCUT2D eigenvalue weighted by Gasteiger charge is 2.07. The van der Waals surface area contributed by atoms with Crippen LogP contribution in [0.1, 0.15) is 10.4 Å². The Morgan fingerprint density at radius 1 is 1.35 bits per heavy atom. The van der Waals surface area contributed by atoms with Crippen molar-refractivity contribution in [3.05, 3.63) is 47.1 Å². The Hall–Kier alpha value is -2.14. The highest BCUT2D eigenvalue weighted by molar-refractivity contribution is 6.31. The molecule has 0 aliphatic rings. The molecule has 0 amide bonds. The number of carboxylic acids is 1. The molecule has 2 aromatic rings. The lowest BCUT2D eigenvalue weighted by molar-refractivity contribution is 0.0696. The first-order valence-electron chi connectivity index (χ1n) is 4.65. The van der Waals surface area contributed by atoms with E-state index in [0.29, 0.717) is 10.8 Å². The molecule has 2 rings (SSSR count). The number of aromatic nitrogens is 2. The summed E-state index contributed by atoms with van der Waals surface area (Å²) in [5.74, 6) is -0.551. The molecular formula is C11H7ClN2O3. The lowest BCUT2D eigenvalue weighted by atomic mass is 10.2. The van der Waals surface area contributed by atoms with Crippen LogP contribution >= 0.6 is 11.6 Å². The molecule has 6 heteroatoms. The highest BCUT2D eigenvalue weighted by Crippen LogP contribution is 2.26. The van der Waals surface area contributed by atoms with Crippen LogP contribution in [0.2, 0.25) is 5.02 Å². The second kappa shape index (κ2) is 4.80. The van der Waals surface area contributed by atoms with Crippen molar-refractivity contribution in [2.75, 3.05) is 0 Å². The maximum atomic E-state index is 10.8. The maximum Gasteiger partial charge on any atom is 0.335 e. The van der Waals surface area contributed by atoms with Gasteiger partial charge >= 0.3 is 5.97 Å². The van der Waals surface area contributed by atoms with E-state index in [0.717, 1.165) is 0 Å². The predicted octanol–water partition coefficient (Wildman–Crippen LogP) is 2.62. The van der Waals surface area contributed by atoms with Crippen LogP contribution in [0, 0.1) is 0 Å². The van der Waals surface area contributed by atoms with E-state index in [-0.39, 0.29) is 11.4 Å². The Labute approximate surface area is 102 Å². The topological polar surface area (TPSA) is 72.3 Å². The van der Waals surface area contributed by atoms with E-state index in [9.17, 15) is 4.79 Å². The Morgan fingerprint density at radius 2 is 2.18 bits per heavy atom. The number of benzene rings is 1. The molecule has 1 heterocycles. The van der Waals surface area contributed by atoms with Gasteiger partial charge in [0, 0.05) is 0 Å². The van der Waals surface area contributed by atoms with E-state index in [1.54, 1.807) is 12.1 Å². The Kier molecular flexibility index (Phi) is 3.20. The molecule has 1 N–H and O–H groups in total.